The predicted octanol–water partition coefficient (Wildman–Crippen LogP) is 1.10. The SMILES string of the molecule is CCC1COC(=O)C=C1OC. The zero-order valence-electron chi connectivity index (χ0n) is 6.79. The standard InChI is InChI=1S/C8H12O3/c1-3-6-5-11-8(9)4-7(6)10-2/h4,6H,3,5H2,1-2H3. The zero-order valence-corrected chi connectivity index (χ0v) is 6.79. The highest BCUT2D eigenvalue weighted by atomic mass is 16.5. The van der Waals surface area contributed by atoms with E-state index in [0.717, 1.165) is 12.2 Å². The summed E-state index contributed by atoms with van der Waals surface area (Å²) in [5.41, 5.74) is 0. The van der Waals surface area contributed by atoms with Gasteiger partial charge in [-0.1, -0.05) is 6.92 Å². The Morgan fingerprint density at radius 2 is 2.55 bits per heavy atom. The maximum absolute atomic E-state index is 10.7. The molecule has 0 saturated carbocycles. The van der Waals surface area contributed by atoms with Crippen LogP contribution >= 0.6 is 0 Å². The van der Waals surface area contributed by atoms with Crippen molar-refractivity contribution in [3.63, 3.8) is 0 Å². The van der Waals surface area contributed by atoms with Gasteiger partial charge in [-0.05, 0) is 6.42 Å². The number of hydrogen-bond acceptors (Lipinski definition) is 3. The van der Waals surface area contributed by atoms with Crippen molar-refractivity contribution in [1.29, 1.82) is 0 Å². The van der Waals surface area contributed by atoms with Crippen LogP contribution in [0.25, 0.3) is 0 Å². The Bertz CT molecular complexity index is 184. The third-order valence-corrected chi connectivity index (χ3v) is 1.82. The summed E-state index contributed by atoms with van der Waals surface area (Å²) in [6.45, 7) is 2.49. The molecule has 0 amide bonds. The lowest BCUT2D eigenvalue weighted by Crippen LogP contribution is -2.21. The van der Waals surface area contributed by atoms with Crippen LogP contribution in [0, 0.1) is 5.92 Å². The molecule has 1 unspecified atom stereocenters. The lowest BCUT2D eigenvalue weighted by Gasteiger charge is -2.20. The number of ether oxygens (including phenoxy) is 2. The van der Waals surface area contributed by atoms with E-state index < -0.39 is 0 Å². The van der Waals surface area contributed by atoms with E-state index in [1.807, 2.05) is 6.92 Å². The first kappa shape index (κ1) is 8.11. The summed E-state index contributed by atoms with van der Waals surface area (Å²) in [6, 6.07) is 0. The number of rotatable bonds is 2. The van der Waals surface area contributed by atoms with Crippen LogP contribution in [0.5, 0.6) is 0 Å². The fraction of sp³-hybridized carbons (Fsp3) is 0.625. The molecular weight excluding hydrogens is 144 g/mol. The van der Waals surface area contributed by atoms with Gasteiger partial charge in [-0.15, -0.1) is 0 Å². The van der Waals surface area contributed by atoms with Crippen molar-refractivity contribution < 1.29 is 14.3 Å². The van der Waals surface area contributed by atoms with Crippen molar-refractivity contribution in [2.75, 3.05) is 13.7 Å². The molecular formula is C8H12O3. The summed E-state index contributed by atoms with van der Waals surface area (Å²) >= 11 is 0. The second-order valence-electron chi connectivity index (χ2n) is 2.49. The highest BCUT2D eigenvalue weighted by molar-refractivity contribution is 5.83. The molecule has 0 aromatic rings. The van der Waals surface area contributed by atoms with Crippen LogP contribution in [0.4, 0.5) is 0 Å². The Labute approximate surface area is 66.0 Å². The zero-order chi connectivity index (χ0) is 8.27. The lowest BCUT2D eigenvalue weighted by atomic mass is 10.0. The van der Waals surface area contributed by atoms with Gasteiger partial charge in [0.2, 0.25) is 0 Å². The number of methoxy groups -OCH3 is 1. The van der Waals surface area contributed by atoms with Gasteiger partial charge in [0.05, 0.1) is 19.1 Å². The minimum Gasteiger partial charge on any atom is -0.500 e. The van der Waals surface area contributed by atoms with Gasteiger partial charge >= 0.3 is 5.97 Å². The molecule has 1 rings (SSSR count). The molecule has 1 aliphatic rings. The minimum absolute atomic E-state index is 0.248. The molecule has 0 bridgehead atoms. The largest absolute Gasteiger partial charge is 0.500 e. The van der Waals surface area contributed by atoms with Crippen molar-refractivity contribution in [3.8, 4) is 0 Å². The normalized spacial score (nSPS) is 24.0. The molecule has 0 aromatic heterocycles. The Kier molecular flexibility index (Phi) is 2.52. The van der Waals surface area contributed by atoms with Gasteiger partial charge < -0.3 is 9.47 Å². The molecule has 3 nitrogen and oxygen atoms in total. The quantitative estimate of drug-likeness (QED) is 0.561. The van der Waals surface area contributed by atoms with E-state index in [1.165, 1.54) is 6.08 Å². The summed E-state index contributed by atoms with van der Waals surface area (Å²) < 4.78 is 9.84. The van der Waals surface area contributed by atoms with E-state index in [2.05, 4.69) is 0 Å². The van der Waals surface area contributed by atoms with E-state index in [1.54, 1.807) is 7.11 Å². The van der Waals surface area contributed by atoms with Crippen LogP contribution in [0.3, 0.4) is 0 Å². The van der Waals surface area contributed by atoms with Gasteiger partial charge in [0.25, 0.3) is 0 Å². The van der Waals surface area contributed by atoms with Gasteiger partial charge in [0.15, 0.2) is 0 Å². The summed E-state index contributed by atoms with van der Waals surface area (Å²) in [6.07, 6.45) is 2.35. The van der Waals surface area contributed by atoms with E-state index in [4.69, 9.17) is 9.47 Å². The van der Waals surface area contributed by atoms with Gasteiger partial charge in [-0.2, -0.15) is 0 Å². The fourth-order valence-corrected chi connectivity index (χ4v) is 1.09. The van der Waals surface area contributed by atoms with Gasteiger partial charge in [0.1, 0.15) is 12.4 Å². The number of carbonyl (C=O) groups excluding carboxylic acids is 1. The van der Waals surface area contributed by atoms with Crippen molar-refractivity contribution in [2.24, 2.45) is 5.92 Å². The minimum atomic E-state index is -0.299. The predicted molar refractivity (Wildman–Crippen MR) is 39.8 cm³/mol. The van der Waals surface area contributed by atoms with Crippen LogP contribution in [-0.4, -0.2) is 19.7 Å². The van der Waals surface area contributed by atoms with E-state index >= 15 is 0 Å². The average Bonchev–Trinajstić information content (AvgIpc) is 2.04. The molecule has 0 aromatic carbocycles. The Morgan fingerprint density at radius 3 is 3.09 bits per heavy atom. The van der Waals surface area contributed by atoms with Crippen LogP contribution in [0.2, 0.25) is 0 Å². The van der Waals surface area contributed by atoms with Gasteiger partial charge in [-0.3, -0.25) is 0 Å². The number of cyclic esters (lactones) is 1. The van der Waals surface area contributed by atoms with E-state index in [0.29, 0.717) is 6.61 Å². The molecule has 62 valence electrons. The molecule has 3 heteroatoms. The second-order valence-corrected chi connectivity index (χ2v) is 2.49. The topological polar surface area (TPSA) is 35.5 Å². The van der Waals surface area contributed by atoms with Crippen molar-refractivity contribution in [3.05, 3.63) is 11.8 Å². The summed E-state index contributed by atoms with van der Waals surface area (Å²) in [5.74, 6) is 0.688. The smallest absolute Gasteiger partial charge is 0.334 e. The Hall–Kier alpha value is -0.990. The maximum Gasteiger partial charge on any atom is 0.334 e. The summed E-state index contributed by atoms with van der Waals surface area (Å²) in [4.78, 5) is 10.7. The van der Waals surface area contributed by atoms with Gasteiger partial charge in [0, 0.05) is 0 Å². The Morgan fingerprint density at radius 1 is 1.82 bits per heavy atom. The van der Waals surface area contributed by atoms with Crippen LogP contribution in [-0.2, 0) is 14.3 Å². The van der Waals surface area contributed by atoms with Crippen molar-refractivity contribution in [2.45, 2.75) is 13.3 Å². The number of hydrogen-bond donors (Lipinski definition) is 0. The van der Waals surface area contributed by atoms with E-state index in [-0.39, 0.29) is 11.9 Å². The fourth-order valence-electron chi connectivity index (χ4n) is 1.09. The van der Waals surface area contributed by atoms with E-state index in [9.17, 15) is 4.79 Å². The third-order valence-electron chi connectivity index (χ3n) is 1.82. The molecule has 0 fully saturated rings. The molecule has 0 spiro atoms. The van der Waals surface area contributed by atoms with Crippen LogP contribution in [0.1, 0.15) is 13.3 Å². The van der Waals surface area contributed by atoms with Crippen molar-refractivity contribution >= 4 is 5.97 Å². The Balaban J connectivity index is 2.70. The molecule has 1 aliphatic heterocycles. The monoisotopic (exact) mass is 156 g/mol. The molecule has 0 N–H and O–H groups in total. The summed E-state index contributed by atoms with van der Waals surface area (Å²) in [7, 11) is 1.58. The number of carbonyl (C=O) groups is 1. The van der Waals surface area contributed by atoms with Crippen molar-refractivity contribution in [1.82, 2.24) is 0 Å². The first-order valence-electron chi connectivity index (χ1n) is 3.70. The molecule has 0 radical (unpaired) electrons. The maximum atomic E-state index is 10.7. The van der Waals surface area contributed by atoms with Crippen LogP contribution in [0.15, 0.2) is 11.8 Å². The molecule has 0 aliphatic carbocycles. The highest BCUT2D eigenvalue weighted by Gasteiger charge is 2.21. The van der Waals surface area contributed by atoms with Crippen LogP contribution < -0.4 is 0 Å². The lowest BCUT2D eigenvalue weighted by molar-refractivity contribution is -0.141. The summed E-state index contributed by atoms with van der Waals surface area (Å²) in [5, 5.41) is 0. The molecule has 1 atom stereocenters. The molecule has 1 heterocycles. The first-order valence-corrected chi connectivity index (χ1v) is 3.70. The average molecular weight is 156 g/mol. The second kappa shape index (κ2) is 3.42. The molecule has 11 heavy (non-hydrogen) atoms. The highest BCUT2D eigenvalue weighted by Crippen LogP contribution is 2.19. The van der Waals surface area contributed by atoms with Gasteiger partial charge in [-0.25, -0.2) is 4.79 Å². The first-order chi connectivity index (χ1) is 5.27. The number of esters is 1. The molecule has 0 saturated heterocycles. The third kappa shape index (κ3) is 1.73.